The SMILES string of the molecule is CCOc1ccc(C(=O)NCC(=O)NCc2cc3ccccc3o2)cc1OCC. The summed E-state index contributed by atoms with van der Waals surface area (Å²) >= 11 is 0. The Morgan fingerprint density at radius 1 is 0.931 bits per heavy atom. The van der Waals surface area contributed by atoms with Gasteiger partial charge in [-0.25, -0.2) is 0 Å². The minimum atomic E-state index is -0.368. The van der Waals surface area contributed by atoms with E-state index in [-0.39, 0.29) is 24.9 Å². The molecule has 3 aromatic rings. The highest BCUT2D eigenvalue weighted by Crippen LogP contribution is 2.28. The lowest BCUT2D eigenvalue weighted by atomic mass is 10.2. The number of ether oxygens (including phenoxy) is 2. The minimum absolute atomic E-state index is 0.143. The zero-order valence-electron chi connectivity index (χ0n) is 16.5. The molecule has 3 rings (SSSR count). The topological polar surface area (TPSA) is 89.8 Å². The molecule has 0 aliphatic heterocycles. The molecule has 2 amide bonds. The number of fused-ring (bicyclic) bond motifs is 1. The van der Waals surface area contributed by atoms with Crippen LogP contribution < -0.4 is 20.1 Å². The molecule has 0 aliphatic rings. The Balaban J connectivity index is 1.52. The minimum Gasteiger partial charge on any atom is -0.490 e. The summed E-state index contributed by atoms with van der Waals surface area (Å²) < 4.78 is 16.7. The maximum atomic E-state index is 12.4. The zero-order chi connectivity index (χ0) is 20.6. The molecule has 152 valence electrons. The van der Waals surface area contributed by atoms with Crippen molar-refractivity contribution in [3.05, 3.63) is 59.9 Å². The number of para-hydroxylation sites is 1. The van der Waals surface area contributed by atoms with Crippen LogP contribution in [0, 0.1) is 0 Å². The Morgan fingerprint density at radius 3 is 2.45 bits per heavy atom. The molecular weight excluding hydrogens is 372 g/mol. The number of nitrogens with one attached hydrogen (secondary N) is 2. The maximum absolute atomic E-state index is 12.4. The van der Waals surface area contributed by atoms with Gasteiger partial charge in [0.25, 0.3) is 5.91 Å². The number of amides is 2. The first-order valence-corrected chi connectivity index (χ1v) is 9.52. The van der Waals surface area contributed by atoms with Crippen molar-refractivity contribution >= 4 is 22.8 Å². The van der Waals surface area contributed by atoms with Gasteiger partial charge in [-0.05, 0) is 44.2 Å². The van der Waals surface area contributed by atoms with E-state index in [0.29, 0.717) is 36.0 Å². The number of carbonyl (C=O) groups excluding carboxylic acids is 2. The van der Waals surface area contributed by atoms with Crippen molar-refractivity contribution in [1.82, 2.24) is 10.6 Å². The number of hydrogen-bond acceptors (Lipinski definition) is 5. The van der Waals surface area contributed by atoms with Crippen molar-refractivity contribution in [2.75, 3.05) is 19.8 Å². The van der Waals surface area contributed by atoms with Gasteiger partial charge in [0.2, 0.25) is 5.91 Å². The first-order valence-electron chi connectivity index (χ1n) is 9.52. The third-order valence-electron chi connectivity index (χ3n) is 4.15. The van der Waals surface area contributed by atoms with E-state index in [4.69, 9.17) is 13.9 Å². The first-order chi connectivity index (χ1) is 14.1. The van der Waals surface area contributed by atoms with Crippen LogP contribution in [0.15, 0.2) is 52.9 Å². The van der Waals surface area contributed by atoms with Gasteiger partial charge in [0.1, 0.15) is 11.3 Å². The highest BCUT2D eigenvalue weighted by Gasteiger charge is 2.13. The molecular formula is C22H24N2O5. The van der Waals surface area contributed by atoms with Crippen molar-refractivity contribution in [3.63, 3.8) is 0 Å². The number of benzene rings is 2. The Bertz CT molecular complexity index is 963. The summed E-state index contributed by atoms with van der Waals surface area (Å²) in [5.41, 5.74) is 1.16. The van der Waals surface area contributed by atoms with Crippen LogP contribution in [-0.4, -0.2) is 31.6 Å². The summed E-state index contributed by atoms with van der Waals surface area (Å²) in [5.74, 6) is 1.05. The Hall–Kier alpha value is -3.48. The molecule has 7 heteroatoms. The van der Waals surface area contributed by atoms with Gasteiger partial charge >= 0.3 is 0 Å². The molecule has 0 unspecified atom stereocenters. The predicted molar refractivity (Wildman–Crippen MR) is 109 cm³/mol. The molecule has 0 spiro atoms. The van der Waals surface area contributed by atoms with E-state index < -0.39 is 0 Å². The molecule has 1 aromatic heterocycles. The highest BCUT2D eigenvalue weighted by molar-refractivity contribution is 5.97. The maximum Gasteiger partial charge on any atom is 0.251 e. The van der Waals surface area contributed by atoms with Crippen LogP contribution in [-0.2, 0) is 11.3 Å². The molecule has 0 radical (unpaired) electrons. The lowest BCUT2D eigenvalue weighted by molar-refractivity contribution is -0.120. The normalized spacial score (nSPS) is 10.6. The molecule has 7 nitrogen and oxygen atoms in total. The molecule has 2 aromatic carbocycles. The smallest absolute Gasteiger partial charge is 0.251 e. The molecule has 0 saturated heterocycles. The number of rotatable bonds is 9. The summed E-state index contributed by atoms with van der Waals surface area (Å²) in [5, 5.41) is 6.31. The highest BCUT2D eigenvalue weighted by atomic mass is 16.5. The van der Waals surface area contributed by atoms with E-state index in [9.17, 15) is 9.59 Å². The van der Waals surface area contributed by atoms with E-state index in [0.717, 1.165) is 11.0 Å². The summed E-state index contributed by atoms with van der Waals surface area (Å²) in [7, 11) is 0. The molecule has 0 fully saturated rings. The second-order valence-electron chi connectivity index (χ2n) is 6.24. The molecule has 29 heavy (non-hydrogen) atoms. The fourth-order valence-corrected chi connectivity index (χ4v) is 2.83. The predicted octanol–water partition coefficient (Wildman–Crippen LogP) is 3.28. The lowest BCUT2D eigenvalue weighted by Crippen LogP contribution is -2.36. The third-order valence-corrected chi connectivity index (χ3v) is 4.15. The summed E-state index contributed by atoms with van der Waals surface area (Å²) in [6, 6.07) is 14.4. The van der Waals surface area contributed by atoms with E-state index in [1.807, 2.05) is 44.2 Å². The van der Waals surface area contributed by atoms with Crippen molar-refractivity contribution in [2.24, 2.45) is 0 Å². The second kappa shape index (κ2) is 9.64. The molecule has 1 heterocycles. The van der Waals surface area contributed by atoms with Gasteiger partial charge < -0.3 is 24.5 Å². The molecule has 0 aliphatic carbocycles. The number of furan rings is 1. The fourth-order valence-electron chi connectivity index (χ4n) is 2.83. The van der Waals surface area contributed by atoms with Crippen LogP contribution in [0.4, 0.5) is 0 Å². The average Bonchev–Trinajstić information content (AvgIpc) is 3.15. The first kappa shape index (κ1) is 20.3. The van der Waals surface area contributed by atoms with Crippen LogP contribution in [0.5, 0.6) is 11.5 Å². The Morgan fingerprint density at radius 2 is 1.69 bits per heavy atom. The third kappa shape index (κ3) is 5.28. The Kier molecular flexibility index (Phi) is 6.73. The van der Waals surface area contributed by atoms with Crippen molar-refractivity contribution in [2.45, 2.75) is 20.4 Å². The average molecular weight is 396 g/mol. The van der Waals surface area contributed by atoms with Gasteiger partial charge in [-0.2, -0.15) is 0 Å². The quantitative estimate of drug-likeness (QED) is 0.579. The number of carbonyl (C=O) groups is 2. The van der Waals surface area contributed by atoms with Crippen LogP contribution in [0.1, 0.15) is 30.0 Å². The van der Waals surface area contributed by atoms with Gasteiger partial charge in [-0.1, -0.05) is 18.2 Å². The fraction of sp³-hybridized carbons (Fsp3) is 0.273. The lowest BCUT2D eigenvalue weighted by Gasteiger charge is -2.12. The second-order valence-corrected chi connectivity index (χ2v) is 6.24. The van der Waals surface area contributed by atoms with Gasteiger partial charge in [0.15, 0.2) is 11.5 Å². The summed E-state index contributed by atoms with van der Waals surface area (Å²) in [6.07, 6.45) is 0. The van der Waals surface area contributed by atoms with E-state index >= 15 is 0 Å². The largest absolute Gasteiger partial charge is 0.490 e. The molecule has 2 N–H and O–H groups in total. The molecule has 0 atom stereocenters. The van der Waals surface area contributed by atoms with E-state index in [1.165, 1.54) is 0 Å². The number of hydrogen-bond donors (Lipinski definition) is 2. The van der Waals surface area contributed by atoms with Gasteiger partial charge in [0.05, 0.1) is 26.3 Å². The van der Waals surface area contributed by atoms with Crippen molar-refractivity contribution in [1.29, 1.82) is 0 Å². The molecule has 0 bridgehead atoms. The monoisotopic (exact) mass is 396 g/mol. The van der Waals surface area contributed by atoms with Crippen molar-refractivity contribution in [3.8, 4) is 11.5 Å². The van der Waals surface area contributed by atoms with E-state index in [2.05, 4.69) is 10.6 Å². The van der Waals surface area contributed by atoms with E-state index in [1.54, 1.807) is 18.2 Å². The van der Waals surface area contributed by atoms with Gasteiger partial charge in [-0.3, -0.25) is 9.59 Å². The summed E-state index contributed by atoms with van der Waals surface area (Å²) in [4.78, 5) is 24.4. The van der Waals surface area contributed by atoms with Crippen LogP contribution in [0.2, 0.25) is 0 Å². The van der Waals surface area contributed by atoms with Crippen LogP contribution in [0.25, 0.3) is 11.0 Å². The van der Waals surface area contributed by atoms with Gasteiger partial charge in [0, 0.05) is 10.9 Å². The zero-order valence-corrected chi connectivity index (χ0v) is 16.5. The van der Waals surface area contributed by atoms with Crippen LogP contribution in [0.3, 0.4) is 0 Å². The standard InChI is InChI=1S/C22H24N2O5/c1-3-27-19-10-9-16(12-20(19)28-4-2)22(26)24-14-21(25)23-13-17-11-15-7-5-6-8-18(15)29-17/h5-12H,3-4,13-14H2,1-2H3,(H,23,25)(H,24,26). The molecule has 0 saturated carbocycles. The van der Waals surface area contributed by atoms with Crippen molar-refractivity contribution < 1.29 is 23.5 Å². The Labute approximate surface area is 169 Å². The van der Waals surface area contributed by atoms with Crippen LogP contribution >= 0.6 is 0 Å². The van der Waals surface area contributed by atoms with Gasteiger partial charge in [-0.15, -0.1) is 0 Å². The summed E-state index contributed by atoms with van der Waals surface area (Å²) in [6.45, 7) is 4.79.